The fraction of sp³-hybridized carbons (Fsp3) is 0.850. The van der Waals surface area contributed by atoms with Gasteiger partial charge in [-0.3, -0.25) is 19.4 Å². The lowest BCUT2D eigenvalue weighted by atomic mass is 9.64. The summed E-state index contributed by atoms with van der Waals surface area (Å²) >= 11 is 0. The van der Waals surface area contributed by atoms with Crippen LogP contribution in [0.3, 0.4) is 0 Å². The normalized spacial score (nSPS) is 30.1. The van der Waals surface area contributed by atoms with Gasteiger partial charge in [-0.15, -0.1) is 0 Å². The fourth-order valence-electron chi connectivity index (χ4n) is 5.40. The van der Waals surface area contributed by atoms with Crippen molar-refractivity contribution >= 4 is 27.7 Å². The van der Waals surface area contributed by atoms with E-state index in [1.807, 2.05) is 4.90 Å². The van der Waals surface area contributed by atoms with Gasteiger partial charge in [0.15, 0.2) is 0 Å². The molecule has 3 rings (SSSR count). The predicted octanol–water partition coefficient (Wildman–Crippen LogP) is 0.312. The maximum Gasteiger partial charge on any atom is 0.325 e. The molecule has 1 spiro atoms. The molecule has 0 aromatic rings. The van der Waals surface area contributed by atoms with Crippen molar-refractivity contribution in [2.75, 3.05) is 51.3 Å². The molecular formula is C20H34N4O5S. The molecule has 4 amide bonds. The van der Waals surface area contributed by atoms with Crippen molar-refractivity contribution in [1.29, 1.82) is 0 Å². The summed E-state index contributed by atoms with van der Waals surface area (Å²) in [5, 5.41) is 2.90. The highest BCUT2D eigenvalue weighted by Crippen LogP contribution is 2.46. The van der Waals surface area contributed by atoms with Crippen molar-refractivity contribution in [2.45, 2.75) is 45.6 Å². The summed E-state index contributed by atoms with van der Waals surface area (Å²) in [5.74, 6) is -0.123. The molecule has 1 aliphatic carbocycles. The van der Waals surface area contributed by atoms with E-state index in [0.717, 1.165) is 11.3 Å². The Morgan fingerprint density at radius 1 is 1.13 bits per heavy atom. The zero-order valence-corrected chi connectivity index (χ0v) is 19.3. The summed E-state index contributed by atoms with van der Waals surface area (Å²) in [7, 11) is -3.02. The van der Waals surface area contributed by atoms with E-state index in [1.165, 1.54) is 6.26 Å². The van der Waals surface area contributed by atoms with E-state index >= 15 is 0 Å². The molecule has 3 aliphatic rings. The molecule has 30 heavy (non-hydrogen) atoms. The molecule has 0 aromatic carbocycles. The second kappa shape index (κ2) is 8.11. The first-order valence-electron chi connectivity index (χ1n) is 10.6. The van der Waals surface area contributed by atoms with Crippen LogP contribution in [0.1, 0.15) is 40.0 Å². The number of hydrogen-bond donors (Lipinski definition) is 1. The molecule has 10 heteroatoms. The van der Waals surface area contributed by atoms with Gasteiger partial charge in [0.25, 0.3) is 5.91 Å². The largest absolute Gasteiger partial charge is 0.339 e. The number of amides is 4. The van der Waals surface area contributed by atoms with Crippen LogP contribution >= 0.6 is 0 Å². The van der Waals surface area contributed by atoms with Crippen molar-refractivity contribution in [3.05, 3.63) is 0 Å². The molecule has 2 unspecified atom stereocenters. The zero-order chi connectivity index (χ0) is 22.3. The average molecular weight is 443 g/mol. The molecule has 2 aliphatic heterocycles. The summed E-state index contributed by atoms with van der Waals surface area (Å²) in [5.41, 5.74) is -0.953. The molecule has 2 atom stereocenters. The van der Waals surface area contributed by atoms with Gasteiger partial charge in [-0.05, 0) is 30.6 Å². The van der Waals surface area contributed by atoms with E-state index in [1.54, 1.807) is 4.90 Å². The van der Waals surface area contributed by atoms with E-state index in [0.29, 0.717) is 51.5 Å². The van der Waals surface area contributed by atoms with E-state index in [2.05, 4.69) is 26.1 Å². The van der Waals surface area contributed by atoms with Crippen LogP contribution < -0.4 is 5.32 Å². The van der Waals surface area contributed by atoms with E-state index < -0.39 is 21.4 Å². The third kappa shape index (κ3) is 5.14. The second-order valence-electron chi connectivity index (χ2n) is 10.1. The number of rotatable bonds is 5. The number of urea groups is 1. The molecule has 3 fully saturated rings. The van der Waals surface area contributed by atoms with Crippen molar-refractivity contribution in [2.24, 2.45) is 11.3 Å². The molecule has 2 saturated heterocycles. The number of imide groups is 1. The molecule has 0 aromatic heterocycles. The van der Waals surface area contributed by atoms with Crippen LogP contribution in [0.2, 0.25) is 0 Å². The van der Waals surface area contributed by atoms with Gasteiger partial charge in [0.1, 0.15) is 21.9 Å². The van der Waals surface area contributed by atoms with Crippen LogP contribution in [-0.2, 0) is 19.4 Å². The maximum absolute atomic E-state index is 13.2. The van der Waals surface area contributed by atoms with Gasteiger partial charge in [0.2, 0.25) is 5.91 Å². The van der Waals surface area contributed by atoms with Gasteiger partial charge in [-0.25, -0.2) is 13.2 Å². The Balaban J connectivity index is 1.57. The van der Waals surface area contributed by atoms with Crippen molar-refractivity contribution in [1.82, 2.24) is 20.0 Å². The Morgan fingerprint density at radius 3 is 2.33 bits per heavy atom. The van der Waals surface area contributed by atoms with E-state index in [4.69, 9.17) is 0 Å². The number of carbonyl (C=O) groups is 3. The van der Waals surface area contributed by atoms with Crippen LogP contribution in [0, 0.1) is 11.3 Å². The number of nitrogens with zero attached hydrogens (tertiary/aromatic N) is 3. The molecule has 0 bridgehead atoms. The van der Waals surface area contributed by atoms with Crippen LogP contribution in [0.5, 0.6) is 0 Å². The van der Waals surface area contributed by atoms with Crippen LogP contribution in [0.15, 0.2) is 0 Å². The van der Waals surface area contributed by atoms with Gasteiger partial charge >= 0.3 is 6.03 Å². The molecule has 0 radical (unpaired) electrons. The Bertz CT molecular complexity index is 819. The quantitative estimate of drug-likeness (QED) is 0.614. The molecule has 1 saturated carbocycles. The maximum atomic E-state index is 13.2. The second-order valence-corrected chi connectivity index (χ2v) is 12.4. The van der Waals surface area contributed by atoms with Crippen molar-refractivity contribution < 1.29 is 22.8 Å². The first kappa shape index (κ1) is 23.0. The highest BCUT2D eigenvalue weighted by Gasteiger charge is 2.56. The molecule has 1 N–H and O–H groups in total. The van der Waals surface area contributed by atoms with Gasteiger partial charge in [0, 0.05) is 39.0 Å². The molecule has 2 heterocycles. The highest BCUT2D eigenvalue weighted by atomic mass is 32.2. The topological polar surface area (TPSA) is 107 Å². The smallest absolute Gasteiger partial charge is 0.325 e. The SMILES string of the molecule is CC1CC(C)(C)CC2(C1)NC(=O)N(CC(=O)N1CCN(CCS(C)(=O)=O)CC1)C2=O. The first-order valence-corrected chi connectivity index (χ1v) is 12.7. The summed E-state index contributed by atoms with van der Waals surface area (Å²) in [6, 6.07) is -0.481. The number of hydrogen-bond acceptors (Lipinski definition) is 6. The number of sulfone groups is 1. The summed E-state index contributed by atoms with van der Waals surface area (Å²) in [6.45, 7) is 8.60. The Labute approximate surface area is 179 Å². The lowest BCUT2D eigenvalue weighted by Crippen LogP contribution is -2.55. The van der Waals surface area contributed by atoms with E-state index in [9.17, 15) is 22.8 Å². The van der Waals surface area contributed by atoms with Crippen molar-refractivity contribution in [3.8, 4) is 0 Å². The van der Waals surface area contributed by atoms with Gasteiger partial charge in [-0.1, -0.05) is 20.8 Å². The Hall–Kier alpha value is -1.68. The minimum absolute atomic E-state index is 0.0527. The summed E-state index contributed by atoms with van der Waals surface area (Å²) in [6.07, 6.45) is 3.40. The molecule has 170 valence electrons. The van der Waals surface area contributed by atoms with Gasteiger partial charge in [-0.2, -0.15) is 0 Å². The van der Waals surface area contributed by atoms with Gasteiger partial charge in [0.05, 0.1) is 5.75 Å². The number of carbonyl (C=O) groups excluding carboxylic acids is 3. The Kier molecular flexibility index (Phi) is 6.21. The predicted molar refractivity (Wildman–Crippen MR) is 113 cm³/mol. The first-order chi connectivity index (χ1) is 13.8. The monoisotopic (exact) mass is 442 g/mol. The standard InChI is InChI=1S/C20H34N4O5S/c1-15-11-19(2,3)14-20(12-15)17(26)24(18(27)21-20)13-16(25)23-7-5-22(6-8-23)9-10-30(4,28)29/h15H,5-14H2,1-4H3,(H,21,27). The Morgan fingerprint density at radius 2 is 1.77 bits per heavy atom. The fourth-order valence-corrected chi connectivity index (χ4v) is 5.99. The average Bonchev–Trinajstić information content (AvgIpc) is 2.81. The third-order valence-electron chi connectivity index (χ3n) is 6.42. The summed E-state index contributed by atoms with van der Waals surface area (Å²) < 4.78 is 22.6. The number of nitrogens with one attached hydrogen (secondary N) is 1. The number of piperazine rings is 1. The zero-order valence-electron chi connectivity index (χ0n) is 18.4. The third-order valence-corrected chi connectivity index (χ3v) is 7.35. The van der Waals surface area contributed by atoms with Crippen LogP contribution in [0.25, 0.3) is 0 Å². The molecular weight excluding hydrogens is 408 g/mol. The van der Waals surface area contributed by atoms with Crippen molar-refractivity contribution in [3.63, 3.8) is 0 Å². The summed E-state index contributed by atoms with van der Waals surface area (Å²) in [4.78, 5) is 43.3. The minimum atomic E-state index is -3.02. The highest BCUT2D eigenvalue weighted by molar-refractivity contribution is 7.90. The van der Waals surface area contributed by atoms with Crippen LogP contribution in [-0.4, -0.2) is 97.8 Å². The van der Waals surface area contributed by atoms with Crippen LogP contribution in [0.4, 0.5) is 4.79 Å². The van der Waals surface area contributed by atoms with Gasteiger partial charge < -0.3 is 10.2 Å². The molecule has 9 nitrogen and oxygen atoms in total. The van der Waals surface area contributed by atoms with E-state index in [-0.39, 0.29) is 29.5 Å². The minimum Gasteiger partial charge on any atom is -0.339 e. The lowest BCUT2D eigenvalue weighted by molar-refractivity contribution is -0.141. The lowest BCUT2D eigenvalue weighted by Gasteiger charge is -2.43.